The fourth-order valence-electron chi connectivity index (χ4n) is 2.64. The Morgan fingerprint density at radius 1 is 1.19 bits per heavy atom. The van der Waals surface area contributed by atoms with E-state index in [9.17, 15) is 0 Å². The van der Waals surface area contributed by atoms with Crippen LogP contribution in [0.4, 0.5) is 0 Å². The highest BCUT2D eigenvalue weighted by Crippen LogP contribution is 2.26. The van der Waals surface area contributed by atoms with Crippen molar-refractivity contribution in [3.05, 3.63) is 66.1 Å². The Labute approximate surface area is 127 Å². The molecule has 0 aliphatic carbocycles. The van der Waals surface area contributed by atoms with Crippen molar-refractivity contribution in [3.8, 4) is 0 Å². The average molecular weight is 293 g/mol. The second kappa shape index (κ2) is 5.37. The Kier molecular flexibility index (Phi) is 3.24. The number of nitrogens with one attached hydrogen (secondary N) is 1. The smallest absolute Gasteiger partial charge is 0.114 e. The van der Waals surface area contributed by atoms with Gasteiger partial charge in [0.15, 0.2) is 0 Å². The highest BCUT2D eigenvalue weighted by molar-refractivity contribution is 8.14. The van der Waals surface area contributed by atoms with E-state index in [1.807, 2.05) is 30.2 Å². The third-order valence-electron chi connectivity index (χ3n) is 3.68. The van der Waals surface area contributed by atoms with Gasteiger partial charge in [0.25, 0.3) is 0 Å². The molecular formula is C17H15N3S. The fraction of sp³-hybridized carbons (Fsp3) is 0.176. The highest BCUT2D eigenvalue weighted by Gasteiger charge is 2.20. The van der Waals surface area contributed by atoms with Crippen LogP contribution in [0, 0.1) is 0 Å². The van der Waals surface area contributed by atoms with Gasteiger partial charge < -0.3 is 4.98 Å². The quantitative estimate of drug-likeness (QED) is 0.800. The predicted molar refractivity (Wildman–Crippen MR) is 89.0 cm³/mol. The molecule has 1 unspecified atom stereocenters. The van der Waals surface area contributed by atoms with Gasteiger partial charge in [-0.05, 0) is 24.1 Å². The molecule has 0 amide bonds. The molecule has 0 spiro atoms. The molecule has 3 aromatic rings. The van der Waals surface area contributed by atoms with Gasteiger partial charge in [-0.3, -0.25) is 9.98 Å². The van der Waals surface area contributed by atoms with Crippen molar-refractivity contribution in [3.63, 3.8) is 0 Å². The Morgan fingerprint density at radius 3 is 2.95 bits per heavy atom. The van der Waals surface area contributed by atoms with Crippen LogP contribution in [0.5, 0.6) is 0 Å². The third kappa shape index (κ3) is 2.59. The minimum Gasteiger partial charge on any atom is -0.353 e. The van der Waals surface area contributed by atoms with Crippen LogP contribution in [-0.4, -0.2) is 26.8 Å². The maximum atomic E-state index is 4.88. The number of H-pyrrole nitrogens is 1. The first kappa shape index (κ1) is 12.7. The van der Waals surface area contributed by atoms with Crippen molar-refractivity contribution in [1.29, 1.82) is 0 Å². The molecule has 1 aliphatic rings. The Balaban J connectivity index is 1.57. The summed E-state index contributed by atoms with van der Waals surface area (Å²) in [4.78, 5) is 12.5. The summed E-state index contributed by atoms with van der Waals surface area (Å²) in [6.45, 7) is 0. The normalized spacial score (nSPS) is 18.1. The van der Waals surface area contributed by atoms with Gasteiger partial charge in [0.1, 0.15) is 5.04 Å². The molecule has 1 aromatic carbocycles. The lowest BCUT2D eigenvalue weighted by molar-refractivity contribution is 0.762. The summed E-state index contributed by atoms with van der Waals surface area (Å²) in [7, 11) is 0. The standard InChI is InChI=1S/C17H15N3S/c1-2-4-12(5-3-1)8-14-11-21-17(19-14)16-9-13-10-18-7-6-15(13)20-16/h1-7,9-10,14,20H,8,11H2. The second-order valence-corrected chi connectivity index (χ2v) is 6.24. The molecule has 0 fully saturated rings. The zero-order chi connectivity index (χ0) is 14.1. The zero-order valence-corrected chi connectivity index (χ0v) is 12.3. The number of aromatic nitrogens is 2. The summed E-state index contributed by atoms with van der Waals surface area (Å²) in [5.41, 5.74) is 3.59. The Morgan fingerprint density at radius 2 is 2.10 bits per heavy atom. The van der Waals surface area contributed by atoms with Crippen molar-refractivity contribution in [2.24, 2.45) is 4.99 Å². The molecule has 0 saturated carbocycles. The van der Waals surface area contributed by atoms with E-state index in [1.165, 1.54) is 5.56 Å². The number of aromatic amines is 1. The maximum Gasteiger partial charge on any atom is 0.114 e. The number of thioether (sulfide) groups is 1. The van der Waals surface area contributed by atoms with Gasteiger partial charge in [-0.25, -0.2) is 0 Å². The zero-order valence-electron chi connectivity index (χ0n) is 11.5. The first-order valence-corrected chi connectivity index (χ1v) is 8.05. The van der Waals surface area contributed by atoms with Gasteiger partial charge in [-0.1, -0.05) is 30.3 Å². The first-order chi connectivity index (χ1) is 10.4. The Hall–Kier alpha value is -2.07. The number of rotatable bonds is 3. The van der Waals surface area contributed by atoms with Crippen LogP contribution < -0.4 is 0 Å². The van der Waals surface area contributed by atoms with E-state index in [2.05, 4.69) is 46.4 Å². The molecule has 0 bridgehead atoms. The highest BCUT2D eigenvalue weighted by atomic mass is 32.2. The topological polar surface area (TPSA) is 41.0 Å². The van der Waals surface area contributed by atoms with Crippen LogP contribution in [-0.2, 0) is 6.42 Å². The van der Waals surface area contributed by atoms with Gasteiger partial charge in [0, 0.05) is 29.0 Å². The van der Waals surface area contributed by atoms with Crippen LogP contribution in [0.2, 0.25) is 0 Å². The lowest BCUT2D eigenvalue weighted by atomic mass is 10.1. The lowest BCUT2D eigenvalue weighted by Crippen LogP contribution is -2.07. The lowest BCUT2D eigenvalue weighted by Gasteiger charge is -2.04. The fourth-order valence-corrected chi connectivity index (χ4v) is 3.67. The van der Waals surface area contributed by atoms with E-state index in [0.29, 0.717) is 6.04 Å². The van der Waals surface area contributed by atoms with E-state index in [-0.39, 0.29) is 0 Å². The summed E-state index contributed by atoms with van der Waals surface area (Å²) in [5.74, 6) is 1.05. The molecule has 1 aliphatic heterocycles. The molecule has 1 atom stereocenters. The van der Waals surface area contributed by atoms with E-state index >= 15 is 0 Å². The average Bonchev–Trinajstić information content (AvgIpc) is 3.14. The molecule has 3 heterocycles. The SMILES string of the molecule is c1ccc(CC2CSC(c3cc4cnccc4[nH]3)=N2)cc1. The summed E-state index contributed by atoms with van der Waals surface area (Å²) < 4.78 is 0. The van der Waals surface area contributed by atoms with Crippen molar-refractivity contribution in [1.82, 2.24) is 9.97 Å². The molecule has 1 N–H and O–H groups in total. The third-order valence-corrected chi connectivity index (χ3v) is 4.83. The van der Waals surface area contributed by atoms with Crippen molar-refractivity contribution < 1.29 is 0 Å². The van der Waals surface area contributed by atoms with Crippen LogP contribution in [0.25, 0.3) is 10.9 Å². The number of hydrogen-bond donors (Lipinski definition) is 1. The molecule has 104 valence electrons. The molecule has 0 saturated heterocycles. The minimum atomic E-state index is 0.372. The minimum absolute atomic E-state index is 0.372. The summed E-state index contributed by atoms with van der Waals surface area (Å²) >= 11 is 1.84. The molecule has 4 rings (SSSR count). The number of pyridine rings is 1. The van der Waals surface area contributed by atoms with Crippen LogP contribution in [0.1, 0.15) is 11.3 Å². The number of fused-ring (bicyclic) bond motifs is 1. The van der Waals surface area contributed by atoms with Gasteiger partial charge >= 0.3 is 0 Å². The number of nitrogens with zero attached hydrogens (tertiary/aromatic N) is 2. The van der Waals surface area contributed by atoms with Crippen LogP contribution in [0.3, 0.4) is 0 Å². The van der Waals surface area contributed by atoms with E-state index < -0.39 is 0 Å². The summed E-state index contributed by atoms with van der Waals surface area (Å²) in [6.07, 6.45) is 4.71. The number of hydrogen-bond acceptors (Lipinski definition) is 3. The van der Waals surface area contributed by atoms with E-state index in [1.54, 1.807) is 0 Å². The van der Waals surface area contributed by atoms with Gasteiger partial charge in [0.05, 0.1) is 11.7 Å². The van der Waals surface area contributed by atoms with Crippen molar-refractivity contribution in [2.75, 3.05) is 5.75 Å². The molecule has 3 nitrogen and oxygen atoms in total. The van der Waals surface area contributed by atoms with Gasteiger partial charge in [0.2, 0.25) is 0 Å². The van der Waals surface area contributed by atoms with Crippen LogP contribution >= 0.6 is 11.8 Å². The largest absolute Gasteiger partial charge is 0.353 e. The molecule has 21 heavy (non-hydrogen) atoms. The number of benzene rings is 1. The second-order valence-electron chi connectivity index (χ2n) is 5.23. The predicted octanol–water partition coefficient (Wildman–Crippen LogP) is 3.67. The molecule has 2 aromatic heterocycles. The maximum absolute atomic E-state index is 4.88. The Bertz CT molecular complexity index is 759. The summed E-state index contributed by atoms with van der Waals surface area (Å²) in [5, 5.41) is 2.26. The van der Waals surface area contributed by atoms with Gasteiger partial charge in [-0.2, -0.15) is 0 Å². The first-order valence-electron chi connectivity index (χ1n) is 7.06. The molecular weight excluding hydrogens is 278 g/mol. The monoisotopic (exact) mass is 293 g/mol. The van der Waals surface area contributed by atoms with Crippen LogP contribution in [0.15, 0.2) is 59.9 Å². The molecule has 0 radical (unpaired) electrons. The van der Waals surface area contributed by atoms with Crippen molar-refractivity contribution >= 4 is 27.7 Å². The number of aliphatic imine (C=N–C) groups is 1. The summed E-state index contributed by atoms with van der Waals surface area (Å²) in [6, 6.07) is 15.1. The van der Waals surface area contributed by atoms with Gasteiger partial charge in [-0.15, -0.1) is 11.8 Å². The van der Waals surface area contributed by atoms with E-state index in [4.69, 9.17) is 4.99 Å². The van der Waals surface area contributed by atoms with E-state index in [0.717, 1.165) is 33.8 Å². The van der Waals surface area contributed by atoms with Crippen molar-refractivity contribution in [2.45, 2.75) is 12.5 Å². The molecule has 4 heteroatoms.